The normalized spacial score (nSPS) is 14.2. The lowest BCUT2D eigenvalue weighted by molar-refractivity contribution is -0.145. The van der Waals surface area contributed by atoms with Crippen molar-refractivity contribution in [1.82, 2.24) is 4.90 Å². The van der Waals surface area contributed by atoms with Crippen molar-refractivity contribution in [3.8, 4) is 5.75 Å². The van der Waals surface area contributed by atoms with Gasteiger partial charge in [-0.15, -0.1) is 0 Å². The summed E-state index contributed by atoms with van der Waals surface area (Å²) in [7, 11) is 3.03. The molecule has 1 aliphatic heterocycles. The molecule has 0 N–H and O–H groups in total. The first-order chi connectivity index (χ1) is 9.52. The lowest BCUT2D eigenvalue weighted by Crippen LogP contribution is -2.34. The van der Waals surface area contributed by atoms with E-state index in [0.717, 1.165) is 17.7 Å². The first kappa shape index (κ1) is 14.4. The van der Waals surface area contributed by atoms with E-state index in [1.165, 1.54) is 7.11 Å². The number of hydrogen-bond donors (Lipinski definition) is 0. The van der Waals surface area contributed by atoms with E-state index in [0.29, 0.717) is 18.7 Å². The lowest BCUT2D eigenvalue weighted by atomic mass is 10.1. The van der Waals surface area contributed by atoms with Gasteiger partial charge in [-0.1, -0.05) is 6.92 Å². The first-order valence-electron chi connectivity index (χ1n) is 6.62. The molecule has 1 atom stereocenters. The van der Waals surface area contributed by atoms with E-state index in [1.807, 2.05) is 12.1 Å². The summed E-state index contributed by atoms with van der Waals surface area (Å²) >= 11 is 0. The highest BCUT2D eigenvalue weighted by molar-refractivity contribution is 5.94. The van der Waals surface area contributed by atoms with Crippen LogP contribution in [0.3, 0.4) is 0 Å². The zero-order chi connectivity index (χ0) is 14.7. The van der Waals surface area contributed by atoms with Crippen molar-refractivity contribution in [2.75, 3.05) is 27.3 Å². The SMILES string of the molecule is COC(=O)C(C)CN(C)C(=O)c1ccc2c(c1)CCO2. The number of rotatable bonds is 4. The number of carbonyl (C=O) groups excluding carboxylic acids is 2. The first-order valence-corrected chi connectivity index (χ1v) is 6.62. The van der Waals surface area contributed by atoms with Crippen LogP contribution < -0.4 is 4.74 Å². The summed E-state index contributed by atoms with van der Waals surface area (Å²) in [6, 6.07) is 5.45. The summed E-state index contributed by atoms with van der Waals surface area (Å²) in [5, 5.41) is 0. The third-order valence-corrected chi connectivity index (χ3v) is 3.43. The monoisotopic (exact) mass is 277 g/mol. The minimum atomic E-state index is -0.341. The summed E-state index contributed by atoms with van der Waals surface area (Å²) in [6.07, 6.45) is 0.832. The van der Waals surface area contributed by atoms with E-state index in [2.05, 4.69) is 4.74 Å². The molecule has 5 nitrogen and oxygen atoms in total. The third-order valence-electron chi connectivity index (χ3n) is 3.43. The number of esters is 1. The molecule has 0 aromatic heterocycles. The van der Waals surface area contributed by atoms with Crippen LogP contribution in [0.4, 0.5) is 0 Å². The van der Waals surface area contributed by atoms with Crippen molar-refractivity contribution in [3.05, 3.63) is 29.3 Å². The van der Waals surface area contributed by atoms with Crippen LogP contribution in [0, 0.1) is 5.92 Å². The van der Waals surface area contributed by atoms with Crippen molar-refractivity contribution in [2.45, 2.75) is 13.3 Å². The number of methoxy groups -OCH3 is 1. The maximum atomic E-state index is 12.3. The summed E-state index contributed by atoms with van der Waals surface area (Å²) in [5.74, 6) is 0.0984. The number of carbonyl (C=O) groups is 2. The van der Waals surface area contributed by atoms with Gasteiger partial charge >= 0.3 is 5.97 Å². The molecule has 2 rings (SSSR count). The summed E-state index contributed by atoms with van der Waals surface area (Å²) in [4.78, 5) is 25.2. The topological polar surface area (TPSA) is 55.8 Å². The van der Waals surface area contributed by atoms with Gasteiger partial charge in [0.05, 0.1) is 19.6 Å². The highest BCUT2D eigenvalue weighted by atomic mass is 16.5. The van der Waals surface area contributed by atoms with Crippen molar-refractivity contribution >= 4 is 11.9 Å². The van der Waals surface area contributed by atoms with E-state index < -0.39 is 0 Å². The minimum absolute atomic E-state index is 0.101. The van der Waals surface area contributed by atoms with Crippen LogP contribution in [-0.2, 0) is 16.0 Å². The molecule has 20 heavy (non-hydrogen) atoms. The standard InChI is InChI=1S/C15H19NO4/c1-10(15(18)19-3)9-16(2)14(17)12-4-5-13-11(8-12)6-7-20-13/h4-5,8,10H,6-7,9H2,1-3H3. The molecule has 0 bridgehead atoms. The van der Waals surface area contributed by atoms with Crippen molar-refractivity contribution in [3.63, 3.8) is 0 Å². The molecule has 0 saturated heterocycles. The van der Waals surface area contributed by atoms with Crippen molar-refractivity contribution in [1.29, 1.82) is 0 Å². The van der Waals surface area contributed by atoms with Crippen LogP contribution in [0.2, 0.25) is 0 Å². The molecule has 0 radical (unpaired) electrons. The molecule has 1 aromatic carbocycles. The maximum Gasteiger partial charge on any atom is 0.310 e. The van der Waals surface area contributed by atoms with E-state index in [1.54, 1.807) is 24.9 Å². The van der Waals surface area contributed by atoms with Gasteiger partial charge in [0.15, 0.2) is 0 Å². The lowest BCUT2D eigenvalue weighted by Gasteiger charge is -2.20. The predicted octanol–water partition coefficient (Wildman–Crippen LogP) is 1.50. The Labute approximate surface area is 118 Å². The van der Waals surface area contributed by atoms with Gasteiger partial charge in [0.2, 0.25) is 0 Å². The molecule has 5 heteroatoms. The molecule has 0 fully saturated rings. The number of nitrogens with zero attached hydrogens (tertiary/aromatic N) is 1. The van der Waals surface area contributed by atoms with Gasteiger partial charge in [0, 0.05) is 25.6 Å². The van der Waals surface area contributed by atoms with Gasteiger partial charge in [-0.3, -0.25) is 9.59 Å². The molecule has 0 saturated carbocycles. The molecule has 108 valence electrons. The number of benzene rings is 1. The largest absolute Gasteiger partial charge is 0.493 e. The minimum Gasteiger partial charge on any atom is -0.493 e. The average Bonchev–Trinajstić information content (AvgIpc) is 2.92. The van der Waals surface area contributed by atoms with Gasteiger partial charge < -0.3 is 14.4 Å². The Morgan fingerprint density at radius 1 is 1.45 bits per heavy atom. The zero-order valence-corrected chi connectivity index (χ0v) is 12.0. The van der Waals surface area contributed by atoms with Gasteiger partial charge in [-0.2, -0.15) is 0 Å². The Morgan fingerprint density at radius 2 is 2.20 bits per heavy atom. The second kappa shape index (κ2) is 5.94. The fourth-order valence-electron chi connectivity index (χ4n) is 2.31. The molecule has 1 aromatic rings. The highest BCUT2D eigenvalue weighted by Crippen LogP contribution is 2.26. The predicted molar refractivity (Wildman–Crippen MR) is 73.8 cm³/mol. The second-order valence-corrected chi connectivity index (χ2v) is 5.03. The van der Waals surface area contributed by atoms with E-state index >= 15 is 0 Å². The Kier molecular flexibility index (Phi) is 4.27. The molecule has 1 unspecified atom stereocenters. The van der Waals surface area contributed by atoms with Gasteiger partial charge in [-0.05, 0) is 23.8 Å². The fraction of sp³-hybridized carbons (Fsp3) is 0.467. The van der Waals surface area contributed by atoms with E-state index in [-0.39, 0.29) is 17.8 Å². The van der Waals surface area contributed by atoms with Crippen LogP contribution in [0.15, 0.2) is 18.2 Å². The Hall–Kier alpha value is -2.04. The Bertz CT molecular complexity index is 527. The quantitative estimate of drug-likeness (QED) is 0.783. The van der Waals surface area contributed by atoms with Crippen LogP contribution in [0.1, 0.15) is 22.8 Å². The fourth-order valence-corrected chi connectivity index (χ4v) is 2.31. The number of ether oxygens (including phenoxy) is 2. The van der Waals surface area contributed by atoms with Crippen LogP contribution in [-0.4, -0.2) is 44.1 Å². The molecule has 1 aliphatic rings. The molecular weight excluding hydrogens is 258 g/mol. The van der Waals surface area contributed by atoms with Crippen molar-refractivity contribution in [2.24, 2.45) is 5.92 Å². The average molecular weight is 277 g/mol. The number of amides is 1. The Morgan fingerprint density at radius 3 is 2.90 bits per heavy atom. The molecule has 0 aliphatic carbocycles. The summed E-state index contributed by atoms with van der Waals surface area (Å²) in [6.45, 7) is 2.74. The van der Waals surface area contributed by atoms with Crippen LogP contribution in [0.25, 0.3) is 0 Å². The summed E-state index contributed by atoms with van der Waals surface area (Å²) in [5.41, 5.74) is 1.68. The van der Waals surface area contributed by atoms with Gasteiger partial charge in [-0.25, -0.2) is 0 Å². The number of hydrogen-bond acceptors (Lipinski definition) is 4. The summed E-state index contributed by atoms with van der Waals surface area (Å²) < 4.78 is 10.1. The van der Waals surface area contributed by atoms with Crippen LogP contribution in [0.5, 0.6) is 5.75 Å². The van der Waals surface area contributed by atoms with Crippen LogP contribution >= 0.6 is 0 Å². The van der Waals surface area contributed by atoms with Crippen molar-refractivity contribution < 1.29 is 19.1 Å². The Balaban J connectivity index is 2.05. The smallest absolute Gasteiger partial charge is 0.310 e. The molecule has 0 spiro atoms. The van der Waals surface area contributed by atoms with Gasteiger partial charge in [0.1, 0.15) is 5.75 Å². The second-order valence-electron chi connectivity index (χ2n) is 5.03. The van der Waals surface area contributed by atoms with E-state index in [4.69, 9.17) is 4.74 Å². The maximum absolute atomic E-state index is 12.3. The third kappa shape index (κ3) is 2.92. The number of fused-ring (bicyclic) bond motifs is 1. The molecular formula is C15H19NO4. The van der Waals surface area contributed by atoms with Gasteiger partial charge in [0.25, 0.3) is 5.91 Å². The molecule has 1 heterocycles. The molecule has 1 amide bonds. The van der Waals surface area contributed by atoms with E-state index in [9.17, 15) is 9.59 Å². The highest BCUT2D eigenvalue weighted by Gasteiger charge is 2.21. The zero-order valence-electron chi connectivity index (χ0n) is 12.0.